The normalized spacial score (nSPS) is 10.3. The van der Waals surface area contributed by atoms with Gasteiger partial charge < -0.3 is 9.64 Å². The van der Waals surface area contributed by atoms with Crippen LogP contribution >= 0.6 is 0 Å². The summed E-state index contributed by atoms with van der Waals surface area (Å²) in [5, 5.41) is 6.83. The Labute approximate surface area is 123 Å². The van der Waals surface area contributed by atoms with Crippen molar-refractivity contribution < 1.29 is 9.53 Å². The lowest BCUT2D eigenvalue weighted by atomic mass is 10.3. The number of amides is 2. The predicted octanol–water partition coefficient (Wildman–Crippen LogP) is 1.80. The summed E-state index contributed by atoms with van der Waals surface area (Å²) in [5.74, 6) is 0.948. The van der Waals surface area contributed by atoms with Crippen LogP contribution in [0.3, 0.4) is 0 Å². The number of nitrogens with one attached hydrogen (secondary N) is 1. The lowest BCUT2D eigenvalue weighted by Gasteiger charge is -2.18. The summed E-state index contributed by atoms with van der Waals surface area (Å²) in [6.07, 6.45) is 3.60. The Morgan fingerprint density at radius 2 is 2.24 bits per heavy atom. The Morgan fingerprint density at radius 3 is 2.86 bits per heavy atom. The SMILES string of the molecule is COc1ccc(C)nc1NC(=O)N(C)Cc1cnn(C)c1. The van der Waals surface area contributed by atoms with E-state index in [1.807, 2.05) is 26.2 Å². The number of nitrogens with zero attached hydrogens (tertiary/aromatic N) is 4. The Hall–Kier alpha value is -2.57. The number of ether oxygens (including phenoxy) is 1. The summed E-state index contributed by atoms with van der Waals surface area (Å²) < 4.78 is 6.89. The van der Waals surface area contributed by atoms with Crippen LogP contribution < -0.4 is 10.1 Å². The minimum atomic E-state index is -0.254. The van der Waals surface area contributed by atoms with E-state index in [-0.39, 0.29) is 6.03 Å². The molecule has 0 bridgehead atoms. The van der Waals surface area contributed by atoms with Crippen LogP contribution in [-0.2, 0) is 13.6 Å². The van der Waals surface area contributed by atoms with Crippen molar-refractivity contribution in [2.75, 3.05) is 19.5 Å². The van der Waals surface area contributed by atoms with Crippen LogP contribution in [-0.4, -0.2) is 39.9 Å². The fraction of sp³-hybridized carbons (Fsp3) is 0.357. The molecule has 2 aromatic heterocycles. The predicted molar refractivity (Wildman–Crippen MR) is 79.2 cm³/mol. The van der Waals surface area contributed by atoms with E-state index >= 15 is 0 Å². The largest absolute Gasteiger partial charge is 0.493 e. The first-order valence-corrected chi connectivity index (χ1v) is 6.51. The van der Waals surface area contributed by atoms with Gasteiger partial charge in [-0.3, -0.25) is 10.00 Å². The zero-order chi connectivity index (χ0) is 15.4. The van der Waals surface area contributed by atoms with Gasteiger partial charge in [0.05, 0.1) is 19.9 Å². The third-order valence-electron chi connectivity index (χ3n) is 2.97. The number of aryl methyl sites for hydroxylation is 2. The molecule has 2 rings (SSSR count). The van der Waals surface area contributed by atoms with Crippen molar-refractivity contribution in [1.29, 1.82) is 0 Å². The van der Waals surface area contributed by atoms with Gasteiger partial charge in [-0.2, -0.15) is 5.10 Å². The van der Waals surface area contributed by atoms with E-state index in [9.17, 15) is 4.79 Å². The van der Waals surface area contributed by atoms with E-state index in [0.29, 0.717) is 18.1 Å². The molecule has 0 unspecified atom stereocenters. The molecule has 0 aliphatic heterocycles. The summed E-state index contributed by atoms with van der Waals surface area (Å²) in [6.45, 7) is 2.32. The molecule has 0 fully saturated rings. The molecule has 21 heavy (non-hydrogen) atoms. The highest BCUT2D eigenvalue weighted by Gasteiger charge is 2.14. The van der Waals surface area contributed by atoms with Crippen LogP contribution in [0.25, 0.3) is 0 Å². The zero-order valence-corrected chi connectivity index (χ0v) is 12.6. The van der Waals surface area contributed by atoms with Crippen molar-refractivity contribution in [1.82, 2.24) is 19.7 Å². The van der Waals surface area contributed by atoms with E-state index in [1.54, 1.807) is 36.0 Å². The molecule has 0 saturated carbocycles. The van der Waals surface area contributed by atoms with Crippen LogP contribution in [0.1, 0.15) is 11.3 Å². The number of hydrogen-bond donors (Lipinski definition) is 1. The van der Waals surface area contributed by atoms with Crippen molar-refractivity contribution in [2.45, 2.75) is 13.5 Å². The number of aromatic nitrogens is 3. The first kappa shape index (κ1) is 14.8. The van der Waals surface area contributed by atoms with Crippen molar-refractivity contribution in [3.05, 3.63) is 35.8 Å². The number of carbonyl (C=O) groups is 1. The van der Waals surface area contributed by atoms with Gasteiger partial charge >= 0.3 is 6.03 Å². The van der Waals surface area contributed by atoms with Crippen LogP contribution in [0.2, 0.25) is 0 Å². The second-order valence-corrected chi connectivity index (χ2v) is 4.81. The Balaban J connectivity index is 2.05. The molecule has 0 atom stereocenters. The molecule has 2 heterocycles. The lowest BCUT2D eigenvalue weighted by molar-refractivity contribution is 0.220. The van der Waals surface area contributed by atoms with Gasteiger partial charge in [-0.15, -0.1) is 0 Å². The fourth-order valence-corrected chi connectivity index (χ4v) is 1.89. The highest BCUT2D eigenvalue weighted by molar-refractivity contribution is 5.89. The van der Waals surface area contributed by atoms with Crippen LogP contribution in [0.5, 0.6) is 5.75 Å². The van der Waals surface area contributed by atoms with Crippen LogP contribution in [0.4, 0.5) is 10.6 Å². The van der Waals surface area contributed by atoms with Gasteiger partial charge in [0.1, 0.15) is 0 Å². The Morgan fingerprint density at radius 1 is 1.48 bits per heavy atom. The third-order valence-corrected chi connectivity index (χ3v) is 2.97. The summed E-state index contributed by atoms with van der Waals surface area (Å²) in [4.78, 5) is 18.0. The number of pyridine rings is 1. The summed E-state index contributed by atoms with van der Waals surface area (Å²) >= 11 is 0. The number of hydrogen-bond acceptors (Lipinski definition) is 4. The maximum absolute atomic E-state index is 12.2. The van der Waals surface area contributed by atoms with Gasteiger partial charge in [-0.25, -0.2) is 9.78 Å². The number of rotatable bonds is 4. The molecular formula is C14H19N5O2. The fourth-order valence-electron chi connectivity index (χ4n) is 1.89. The van der Waals surface area contributed by atoms with Crippen molar-refractivity contribution in [3.8, 4) is 5.75 Å². The molecule has 2 aromatic rings. The summed E-state index contributed by atoms with van der Waals surface area (Å²) in [5.41, 5.74) is 1.76. The van der Waals surface area contributed by atoms with Gasteiger partial charge in [-0.05, 0) is 19.1 Å². The number of carbonyl (C=O) groups excluding carboxylic acids is 1. The summed E-state index contributed by atoms with van der Waals surface area (Å²) in [7, 11) is 5.09. The molecule has 7 nitrogen and oxygen atoms in total. The standard InChI is InChI=1S/C14H19N5O2/c1-10-5-6-12(21-4)13(16-10)17-14(20)18(2)8-11-7-15-19(3)9-11/h5-7,9H,8H2,1-4H3,(H,16,17,20). The minimum Gasteiger partial charge on any atom is -0.493 e. The van der Waals surface area contributed by atoms with E-state index in [4.69, 9.17) is 4.74 Å². The Bertz CT molecular complexity index is 638. The molecule has 1 N–H and O–H groups in total. The van der Waals surface area contributed by atoms with Gasteiger partial charge in [0, 0.05) is 31.5 Å². The second-order valence-electron chi connectivity index (χ2n) is 4.81. The third kappa shape index (κ3) is 3.71. The molecule has 0 spiro atoms. The first-order chi connectivity index (χ1) is 9.99. The molecule has 0 aliphatic rings. The van der Waals surface area contributed by atoms with Crippen molar-refractivity contribution in [2.24, 2.45) is 7.05 Å². The van der Waals surface area contributed by atoms with E-state index in [2.05, 4.69) is 15.4 Å². The van der Waals surface area contributed by atoms with Gasteiger partial charge in [-0.1, -0.05) is 0 Å². The van der Waals surface area contributed by atoms with Crippen molar-refractivity contribution >= 4 is 11.8 Å². The lowest BCUT2D eigenvalue weighted by Crippen LogP contribution is -2.31. The quantitative estimate of drug-likeness (QED) is 0.931. The minimum absolute atomic E-state index is 0.254. The molecule has 112 valence electrons. The topological polar surface area (TPSA) is 72.3 Å². The first-order valence-electron chi connectivity index (χ1n) is 6.51. The molecule has 2 amide bonds. The van der Waals surface area contributed by atoms with E-state index in [1.165, 1.54) is 0 Å². The molecule has 0 radical (unpaired) electrons. The second kappa shape index (κ2) is 6.25. The molecule has 0 aromatic carbocycles. The van der Waals surface area contributed by atoms with Crippen molar-refractivity contribution in [3.63, 3.8) is 0 Å². The molecule has 7 heteroatoms. The van der Waals surface area contributed by atoms with Gasteiger partial charge in [0.25, 0.3) is 0 Å². The summed E-state index contributed by atoms with van der Waals surface area (Å²) in [6, 6.07) is 3.35. The maximum atomic E-state index is 12.2. The van der Waals surface area contributed by atoms with Crippen LogP contribution in [0, 0.1) is 6.92 Å². The monoisotopic (exact) mass is 289 g/mol. The average Bonchev–Trinajstić information content (AvgIpc) is 2.84. The van der Waals surface area contributed by atoms with Gasteiger partial charge in [0.15, 0.2) is 11.6 Å². The smallest absolute Gasteiger partial charge is 0.323 e. The zero-order valence-electron chi connectivity index (χ0n) is 12.6. The number of methoxy groups -OCH3 is 1. The molecule has 0 saturated heterocycles. The molecular weight excluding hydrogens is 270 g/mol. The highest BCUT2D eigenvalue weighted by Crippen LogP contribution is 2.22. The van der Waals surface area contributed by atoms with E-state index < -0.39 is 0 Å². The van der Waals surface area contributed by atoms with Gasteiger partial charge in [0.2, 0.25) is 0 Å². The highest BCUT2D eigenvalue weighted by atomic mass is 16.5. The number of anilines is 1. The number of urea groups is 1. The Kier molecular flexibility index (Phi) is 4.42. The average molecular weight is 289 g/mol. The molecule has 0 aliphatic carbocycles. The van der Waals surface area contributed by atoms with E-state index in [0.717, 1.165) is 11.3 Å². The maximum Gasteiger partial charge on any atom is 0.323 e. The van der Waals surface area contributed by atoms with Crippen LogP contribution in [0.15, 0.2) is 24.5 Å².